The van der Waals surface area contributed by atoms with E-state index in [4.69, 9.17) is 9.94 Å². The van der Waals surface area contributed by atoms with Crippen LogP contribution >= 0.6 is 0 Å². The minimum Gasteiger partial charge on any atom is -0.484 e. The lowest BCUT2D eigenvalue weighted by molar-refractivity contribution is -0.135. The summed E-state index contributed by atoms with van der Waals surface area (Å²) in [5.41, 5.74) is 2.20. The molecule has 3 aromatic rings. The number of nitrogens with one attached hydrogen (secondary N) is 2. The van der Waals surface area contributed by atoms with E-state index in [0.29, 0.717) is 11.3 Å². The number of para-hydroxylation sites is 1. The van der Waals surface area contributed by atoms with Crippen LogP contribution in [0.4, 0.5) is 13.2 Å². The summed E-state index contributed by atoms with van der Waals surface area (Å²) in [6, 6.07) is 14.7. The zero-order valence-corrected chi connectivity index (χ0v) is 15.9. The summed E-state index contributed by atoms with van der Waals surface area (Å²) in [6.45, 7) is -0.370. The summed E-state index contributed by atoms with van der Waals surface area (Å²) in [5, 5.41) is 11.4. The van der Waals surface area contributed by atoms with Gasteiger partial charge in [0.25, 0.3) is 11.8 Å². The van der Waals surface area contributed by atoms with Gasteiger partial charge in [0.05, 0.1) is 0 Å². The Kier molecular flexibility index (Phi) is 6.88. The Balaban J connectivity index is 1.75. The molecule has 160 valence electrons. The van der Waals surface area contributed by atoms with E-state index in [1.54, 1.807) is 30.3 Å². The van der Waals surface area contributed by atoms with Crippen LogP contribution in [0.2, 0.25) is 0 Å². The third-order valence-electron chi connectivity index (χ3n) is 4.35. The molecule has 6 nitrogen and oxygen atoms in total. The van der Waals surface area contributed by atoms with E-state index in [1.165, 1.54) is 29.7 Å². The van der Waals surface area contributed by atoms with Crippen molar-refractivity contribution in [3.8, 4) is 16.9 Å². The van der Waals surface area contributed by atoms with E-state index in [0.717, 1.165) is 12.1 Å². The minimum atomic E-state index is -1.57. The molecular formula is C22H17F3N2O4. The molecule has 0 spiro atoms. The van der Waals surface area contributed by atoms with Crippen LogP contribution in [0.15, 0.2) is 66.7 Å². The zero-order valence-electron chi connectivity index (χ0n) is 15.9. The van der Waals surface area contributed by atoms with Crippen molar-refractivity contribution in [2.24, 2.45) is 0 Å². The second-order valence-electron chi connectivity index (χ2n) is 6.45. The van der Waals surface area contributed by atoms with Gasteiger partial charge in [-0.2, -0.15) is 0 Å². The fraction of sp³-hybridized carbons (Fsp3) is 0.0909. The first-order valence-corrected chi connectivity index (χ1v) is 9.05. The van der Waals surface area contributed by atoms with Crippen LogP contribution in [-0.4, -0.2) is 23.6 Å². The largest absolute Gasteiger partial charge is 0.484 e. The van der Waals surface area contributed by atoms with Crippen molar-refractivity contribution >= 4 is 11.8 Å². The number of amides is 2. The summed E-state index contributed by atoms with van der Waals surface area (Å²) in [4.78, 5) is 24.2. The fourth-order valence-corrected chi connectivity index (χ4v) is 2.82. The molecule has 9 heteroatoms. The first-order chi connectivity index (χ1) is 14.9. The van der Waals surface area contributed by atoms with Crippen molar-refractivity contribution in [3.05, 3.63) is 89.7 Å². The smallest absolute Gasteiger partial charge is 0.270 e. The molecule has 3 aromatic carbocycles. The highest BCUT2D eigenvalue weighted by Crippen LogP contribution is 2.25. The number of carbonyl (C=O) groups is 2. The minimum absolute atomic E-state index is 0.0893. The molecular weight excluding hydrogens is 413 g/mol. The molecule has 1 atom stereocenters. The van der Waals surface area contributed by atoms with Gasteiger partial charge in [-0.05, 0) is 41.0 Å². The van der Waals surface area contributed by atoms with Gasteiger partial charge in [-0.1, -0.05) is 42.5 Å². The quantitative estimate of drug-likeness (QED) is 0.304. The summed E-state index contributed by atoms with van der Waals surface area (Å²) in [5.74, 6) is -5.29. The van der Waals surface area contributed by atoms with Crippen molar-refractivity contribution in [3.63, 3.8) is 0 Å². The topological polar surface area (TPSA) is 87.7 Å². The lowest BCUT2D eigenvalue weighted by Gasteiger charge is -2.18. The van der Waals surface area contributed by atoms with Gasteiger partial charge in [0, 0.05) is 0 Å². The molecule has 3 N–H and O–H groups in total. The maximum atomic E-state index is 13.5. The Labute approximate surface area is 175 Å². The Bertz CT molecular complexity index is 1050. The number of rotatable bonds is 7. The molecule has 0 radical (unpaired) electrons. The highest BCUT2D eigenvalue weighted by atomic mass is 19.2. The standard InChI is InChI=1S/C22H17F3N2O4/c23-17-10-15(11-18(24)20(17)25)13-6-8-14(9-7-13)21(22(29)27-30)26-19(28)12-31-16-4-2-1-3-5-16/h1-11,21,30H,12H2,(H,26,28)(H,27,29). The molecule has 0 saturated heterocycles. The van der Waals surface area contributed by atoms with E-state index in [9.17, 15) is 22.8 Å². The van der Waals surface area contributed by atoms with Gasteiger partial charge in [0.2, 0.25) is 0 Å². The normalized spacial score (nSPS) is 11.5. The molecule has 0 aliphatic heterocycles. The predicted octanol–water partition coefficient (Wildman–Crippen LogP) is 3.51. The number of ether oxygens (including phenoxy) is 1. The van der Waals surface area contributed by atoms with Crippen molar-refractivity contribution in [2.45, 2.75) is 6.04 Å². The second kappa shape index (κ2) is 9.77. The van der Waals surface area contributed by atoms with Gasteiger partial charge < -0.3 is 10.1 Å². The highest BCUT2D eigenvalue weighted by Gasteiger charge is 2.23. The monoisotopic (exact) mass is 430 g/mol. The molecule has 3 rings (SSSR count). The van der Waals surface area contributed by atoms with Crippen molar-refractivity contribution in [1.29, 1.82) is 0 Å². The van der Waals surface area contributed by atoms with Crippen LogP contribution in [0.3, 0.4) is 0 Å². The molecule has 31 heavy (non-hydrogen) atoms. The number of carbonyl (C=O) groups excluding carboxylic acids is 2. The van der Waals surface area contributed by atoms with E-state index < -0.39 is 35.3 Å². The van der Waals surface area contributed by atoms with Crippen LogP contribution in [0.1, 0.15) is 11.6 Å². The van der Waals surface area contributed by atoms with Gasteiger partial charge in [0.1, 0.15) is 11.8 Å². The van der Waals surface area contributed by atoms with Gasteiger partial charge in [0.15, 0.2) is 24.1 Å². The molecule has 0 saturated carbocycles. The Morgan fingerprint density at radius 2 is 1.52 bits per heavy atom. The number of hydroxylamine groups is 1. The lowest BCUT2D eigenvalue weighted by Crippen LogP contribution is -2.41. The Hall–Kier alpha value is -3.85. The van der Waals surface area contributed by atoms with Crippen molar-refractivity contribution < 1.29 is 32.7 Å². The first-order valence-electron chi connectivity index (χ1n) is 9.05. The van der Waals surface area contributed by atoms with E-state index in [1.807, 2.05) is 0 Å². The van der Waals surface area contributed by atoms with Crippen molar-refractivity contribution in [1.82, 2.24) is 10.8 Å². The van der Waals surface area contributed by atoms with Gasteiger partial charge >= 0.3 is 0 Å². The third kappa shape index (κ3) is 5.40. The summed E-state index contributed by atoms with van der Waals surface area (Å²) in [6.07, 6.45) is 0. The van der Waals surface area contributed by atoms with E-state index in [-0.39, 0.29) is 17.7 Å². The zero-order chi connectivity index (χ0) is 22.4. The molecule has 0 aliphatic rings. The molecule has 1 unspecified atom stereocenters. The molecule has 0 bridgehead atoms. The first kappa shape index (κ1) is 21.8. The summed E-state index contributed by atoms with van der Waals surface area (Å²) < 4.78 is 45.4. The van der Waals surface area contributed by atoms with Crippen LogP contribution in [0.5, 0.6) is 5.75 Å². The average molecular weight is 430 g/mol. The Morgan fingerprint density at radius 1 is 0.903 bits per heavy atom. The fourth-order valence-electron chi connectivity index (χ4n) is 2.82. The number of hydrogen-bond acceptors (Lipinski definition) is 4. The summed E-state index contributed by atoms with van der Waals surface area (Å²) >= 11 is 0. The summed E-state index contributed by atoms with van der Waals surface area (Å²) in [7, 11) is 0. The number of benzene rings is 3. The van der Waals surface area contributed by atoms with Crippen LogP contribution in [0, 0.1) is 17.5 Å². The molecule has 0 aliphatic carbocycles. The van der Waals surface area contributed by atoms with Gasteiger partial charge in [-0.25, -0.2) is 18.7 Å². The van der Waals surface area contributed by atoms with Crippen molar-refractivity contribution in [2.75, 3.05) is 6.61 Å². The number of halogens is 3. The number of hydrogen-bond donors (Lipinski definition) is 3. The average Bonchev–Trinajstić information content (AvgIpc) is 2.79. The predicted molar refractivity (Wildman–Crippen MR) is 105 cm³/mol. The maximum Gasteiger partial charge on any atom is 0.270 e. The van der Waals surface area contributed by atoms with Gasteiger partial charge in [-0.15, -0.1) is 0 Å². The van der Waals surface area contributed by atoms with Crippen LogP contribution in [0.25, 0.3) is 11.1 Å². The van der Waals surface area contributed by atoms with Crippen LogP contribution < -0.4 is 15.5 Å². The van der Waals surface area contributed by atoms with Gasteiger partial charge in [-0.3, -0.25) is 14.8 Å². The second-order valence-corrected chi connectivity index (χ2v) is 6.45. The molecule has 0 heterocycles. The molecule has 2 amide bonds. The molecule has 0 aromatic heterocycles. The SMILES string of the molecule is O=C(COc1ccccc1)NC(C(=O)NO)c1ccc(-c2cc(F)c(F)c(F)c2)cc1. The maximum absolute atomic E-state index is 13.5. The third-order valence-corrected chi connectivity index (χ3v) is 4.35. The van der Waals surface area contributed by atoms with E-state index in [2.05, 4.69) is 5.32 Å². The van der Waals surface area contributed by atoms with Crippen LogP contribution in [-0.2, 0) is 9.59 Å². The highest BCUT2D eigenvalue weighted by molar-refractivity contribution is 5.88. The Morgan fingerprint density at radius 3 is 2.10 bits per heavy atom. The lowest BCUT2D eigenvalue weighted by atomic mass is 10.00. The molecule has 0 fully saturated rings. The van der Waals surface area contributed by atoms with E-state index >= 15 is 0 Å².